The second-order valence-electron chi connectivity index (χ2n) is 7.85. The number of carbonyl (C=O) groups excluding carboxylic acids is 2. The third kappa shape index (κ3) is 7.06. The highest BCUT2D eigenvalue weighted by Gasteiger charge is 2.32. The van der Waals surface area contributed by atoms with Crippen LogP contribution in [0.1, 0.15) is 48.0 Å². The largest absolute Gasteiger partial charge is 0.444 e. The fraction of sp³-hybridized carbons (Fsp3) is 0.812. The van der Waals surface area contributed by atoms with Crippen molar-refractivity contribution in [3.8, 4) is 0 Å². The molecule has 0 bridgehead atoms. The third-order valence-corrected chi connectivity index (χ3v) is 3.22. The molecule has 1 unspecified atom stereocenters. The SMILES string of the molecule is CC(C)(C)OC(=O)NCC1CN(C(=O)OC(C)(C)C)CCC1=NO. The summed E-state index contributed by atoms with van der Waals surface area (Å²) in [6.45, 7) is 11.7. The van der Waals surface area contributed by atoms with Gasteiger partial charge >= 0.3 is 12.2 Å². The molecule has 0 aromatic carbocycles. The van der Waals surface area contributed by atoms with E-state index < -0.39 is 23.4 Å². The molecule has 0 aromatic rings. The van der Waals surface area contributed by atoms with Crippen LogP contribution in [0.2, 0.25) is 0 Å². The third-order valence-electron chi connectivity index (χ3n) is 3.22. The Morgan fingerprint density at radius 3 is 2.29 bits per heavy atom. The minimum Gasteiger partial charge on any atom is -0.444 e. The summed E-state index contributed by atoms with van der Waals surface area (Å²) in [4.78, 5) is 25.5. The van der Waals surface area contributed by atoms with E-state index in [4.69, 9.17) is 14.7 Å². The van der Waals surface area contributed by atoms with Crippen molar-refractivity contribution >= 4 is 17.9 Å². The van der Waals surface area contributed by atoms with Crippen molar-refractivity contribution in [2.24, 2.45) is 11.1 Å². The van der Waals surface area contributed by atoms with Crippen LogP contribution >= 0.6 is 0 Å². The normalized spacial score (nSPS) is 20.7. The zero-order valence-electron chi connectivity index (χ0n) is 15.4. The first kappa shape index (κ1) is 20.1. The molecule has 8 nitrogen and oxygen atoms in total. The van der Waals surface area contributed by atoms with Crippen molar-refractivity contribution in [3.05, 3.63) is 0 Å². The van der Waals surface area contributed by atoms with Gasteiger partial charge < -0.3 is 24.9 Å². The summed E-state index contributed by atoms with van der Waals surface area (Å²) in [5.41, 5.74) is -0.620. The molecule has 1 atom stereocenters. The molecule has 0 aliphatic carbocycles. The Bertz CT molecular complexity index is 491. The van der Waals surface area contributed by atoms with Crippen molar-refractivity contribution in [1.82, 2.24) is 10.2 Å². The Morgan fingerprint density at radius 2 is 1.79 bits per heavy atom. The quantitative estimate of drug-likeness (QED) is 0.593. The van der Waals surface area contributed by atoms with E-state index >= 15 is 0 Å². The molecule has 2 amide bonds. The summed E-state index contributed by atoms with van der Waals surface area (Å²) in [5.74, 6) is -0.288. The number of oxime groups is 1. The van der Waals surface area contributed by atoms with Crippen molar-refractivity contribution in [1.29, 1.82) is 0 Å². The average molecular weight is 343 g/mol. The van der Waals surface area contributed by atoms with Gasteiger partial charge in [-0.05, 0) is 41.5 Å². The molecule has 1 heterocycles. The van der Waals surface area contributed by atoms with Gasteiger partial charge in [0.15, 0.2) is 0 Å². The highest BCUT2D eigenvalue weighted by Crippen LogP contribution is 2.18. The van der Waals surface area contributed by atoms with Gasteiger partial charge in [-0.25, -0.2) is 9.59 Å². The second kappa shape index (κ2) is 7.72. The van der Waals surface area contributed by atoms with Crippen molar-refractivity contribution in [2.45, 2.75) is 59.2 Å². The fourth-order valence-electron chi connectivity index (χ4n) is 2.24. The number of nitrogens with one attached hydrogen (secondary N) is 1. The molecule has 1 aliphatic heterocycles. The van der Waals surface area contributed by atoms with Gasteiger partial charge in [-0.15, -0.1) is 0 Å². The Labute approximate surface area is 143 Å². The smallest absolute Gasteiger partial charge is 0.410 e. The standard InChI is InChI=1S/C16H29N3O5/c1-15(2,3)23-13(20)17-9-11-10-19(8-7-12(11)18-22)14(21)24-16(4,5)6/h11,22H,7-10H2,1-6H3,(H,17,20). The lowest BCUT2D eigenvalue weighted by molar-refractivity contribution is 0.0221. The number of rotatable bonds is 2. The maximum atomic E-state index is 12.2. The minimum atomic E-state index is -0.590. The van der Waals surface area contributed by atoms with E-state index in [-0.39, 0.29) is 12.5 Å². The maximum Gasteiger partial charge on any atom is 0.410 e. The second-order valence-corrected chi connectivity index (χ2v) is 7.85. The van der Waals surface area contributed by atoms with E-state index in [0.717, 1.165) is 0 Å². The molecule has 1 saturated heterocycles. The number of piperidine rings is 1. The summed E-state index contributed by atoms with van der Waals surface area (Å²) in [5, 5.41) is 15.1. The number of alkyl carbamates (subject to hydrolysis) is 1. The van der Waals surface area contributed by atoms with Gasteiger partial charge in [0.1, 0.15) is 11.2 Å². The number of nitrogens with zero attached hydrogens (tertiary/aromatic N) is 2. The van der Waals surface area contributed by atoms with E-state index in [9.17, 15) is 9.59 Å². The first-order valence-corrected chi connectivity index (χ1v) is 8.07. The van der Waals surface area contributed by atoms with Crippen molar-refractivity contribution in [3.63, 3.8) is 0 Å². The Morgan fingerprint density at radius 1 is 1.21 bits per heavy atom. The molecule has 1 rings (SSSR count). The van der Waals surface area contributed by atoms with Crippen molar-refractivity contribution in [2.75, 3.05) is 19.6 Å². The Hall–Kier alpha value is -1.99. The molecule has 8 heteroatoms. The van der Waals surface area contributed by atoms with Crippen LogP contribution in [0.4, 0.5) is 9.59 Å². The molecule has 138 valence electrons. The molecular weight excluding hydrogens is 314 g/mol. The number of carbonyl (C=O) groups is 2. The lowest BCUT2D eigenvalue weighted by atomic mass is 9.96. The molecule has 0 spiro atoms. The van der Waals surface area contributed by atoms with Gasteiger partial charge in [-0.2, -0.15) is 0 Å². The van der Waals surface area contributed by atoms with Gasteiger partial charge in [0.05, 0.1) is 5.71 Å². The van der Waals surface area contributed by atoms with E-state index in [1.165, 1.54) is 0 Å². The zero-order valence-corrected chi connectivity index (χ0v) is 15.4. The van der Waals surface area contributed by atoms with Crippen LogP contribution in [0.5, 0.6) is 0 Å². The maximum absolute atomic E-state index is 12.2. The Balaban J connectivity index is 2.63. The first-order valence-electron chi connectivity index (χ1n) is 8.07. The lowest BCUT2D eigenvalue weighted by Gasteiger charge is -2.34. The lowest BCUT2D eigenvalue weighted by Crippen LogP contribution is -2.49. The average Bonchev–Trinajstić information content (AvgIpc) is 2.41. The predicted molar refractivity (Wildman–Crippen MR) is 89.4 cm³/mol. The van der Waals surface area contributed by atoms with Crippen LogP contribution in [0.3, 0.4) is 0 Å². The monoisotopic (exact) mass is 343 g/mol. The van der Waals surface area contributed by atoms with E-state index in [1.807, 2.05) is 0 Å². The summed E-state index contributed by atoms with van der Waals surface area (Å²) in [6.07, 6.45) is -0.535. The van der Waals surface area contributed by atoms with Gasteiger partial charge in [0.25, 0.3) is 0 Å². The van der Waals surface area contributed by atoms with Gasteiger partial charge in [0.2, 0.25) is 0 Å². The van der Waals surface area contributed by atoms with Crippen LogP contribution in [-0.4, -0.2) is 58.8 Å². The number of hydrogen-bond acceptors (Lipinski definition) is 6. The van der Waals surface area contributed by atoms with Crippen LogP contribution in [0, 0.1) is 5.92 Å². The van der Waals surface area contributed by atoms with Crippen LogP contribution < -0.4 is 5.32 Å². The molecule has 1 aliphatic rings. The molecule has 1 fully saturated rings. The van der Waals surface area contributed by atoms with E-state index in [0.29, 0.717) is 25.2 Å². The number of ether oxygens (including phenoxy) is 2. The molecular formula is C16H29N3O5. The number of likely N-dealkylation sites (tertiary alicyclic amines) is 1. The topological polar surface area (TPSA) is 100 Å². The van der Waals surface area contributed by atoms with Crippen LogP contribution in [0.15, 0.2) is 5.16 Å². The van der Waals surface area contributed by atoms with Crippen molar-refractivity contribution < 1.29 is 24.3 Å². The highest BCUT2D eigenvalue weighted by atomic mass is 16.6. The Kier molecular flexibility index (Phi) is 6.45. The van der Waals surface area contributed by atoms with E-state index in [1.54, 1.807) is 46.4 Å². The fourth-order valence-corrected chi connectivity index (χ4v) is 2.24. The molecule has 2 N–H and O–H groups in total. The molecule has 24 heavy (non-hydrogen) atoms. The molecule has 0 radical (unpaired) electrons. The highest BCUT2D eigenvalue weighted by molar-refractivity contribution is 5.89. The molecule has 0 saturated carbocycles. The zero-order chi connectivity index (χ0) is 18.5. The van der Waals surface area contributed by atoms with Gasteiger partial charge in [0, 0.05) is 32.0 Å². The predicted octanol–water partition coefficient (Wildman–Crippen LogP) is 2.60. The summed E-state index contributed by atoms with van der Waals surface area (Å²) >= 11 is 0. The summed E-state index contributed by atoms with van der Waals surface area (Å²) in [7, 11) is 0. The number of hydrogen-bond donors (Lipinski definition) is 2. The van der Waals surface area contributed by atoms with Gasteiger partial charge in [-0.3, -0.25) is 0 Å². The summed E-state index contributed by atoms with van der Waals surface area (Å²) in [6, 6.07) is 0. The minimum absolute atomic E-state index is 0.216. The first-order chi connectivity index (χ1) is 10.9. The number of amides is 2. The summed E-state index contributed by atoms with van der Waals surface area (Å²) < 4.78 is 10.5. The van der Waals surface area contributed by atoms with E-state index in [2.05, 4.69) is 10.5 Å². The molecule has 0 aromatic heterocycles. The van der Waals surface area contributed by atoms with Crippen LogP contribution in [0.25, 0.3) is 0 Å². The van der Waals surface area contributed by atoms with Crippen LogP contribution in [-0.2, 0) is 9.47 Å². The van der Waals surface area contributed by atoms with Gasteiger partial charge in [-0.1, -0.05) is 5.16 Å².